The summed E-state index contributed by atoms with van der Waals surface area (Å²) in [5, 5.41) is 4.51. The first kappa shape index (κ1) is 26.1. The van der Waals surface area contributed by atoms with Crippen molar-refractivity contribution >= 4 is 17.1 Å². The topological polar surface area (TPSA) is 106 Å². The Hall–Kier alpha value is -3.95. The van der Waals surface area contributed by atoms with Gasteiger partial charge in [-0.3, -0.25) is 28.0 Å². The van der Waals surface area contributed by atoms with Gasteiger partial charge in [-0.15, -0.1) is 0 Å². The van der Waals surface area contributed by atoms with Crippen LogP contribution in [0.5, 0.6) is 0 Å². The van der Waals surface area contributed by atoms with Crippen LogP contribution in [0, 0.1) is 6.92 Å². The summed E-state index contributed by atoms with van der Waals surface area (Å²) in [4.78, 5) is 43.9. The molecule has 4 rings (SSSR count). The van der Waals surface area contributed by atoms with Gasteiger partial charge in [0.05, 0.1) is 18.3 Å². The van der Waals surface area contributed by atoms with Crippen LogP contribution in [0.4, 0.5) is 0 Å². The second-order valence-corrected chi connectivity index (χ2v) is 9.22. The molecular formula is C27H34N6O4. The van der Waals surface area contributed by atoms with Crippen molar-refractivity contribution in [1.82, 2.24) is 28.5 Å². The minimum absolute atomic E-state index is 0.230. The summed E-state index contributed by atoms with van der Waals surface area (Å²) in [6, 6.07) is 8.18. The predicted molar refractivity (Wildman–Crippen MR) is 141 cm³/mol. The zero-order valence-corrected chi connectivity index (χ0v) is 22.1. The maximum absolute atomic E-state index is 13.6. The molecular weight excluding hydrogens is 472 g/mol. The largest absolute Gasteiger partial charge is 0.441 e. The second kappa shape index (κ2) is 11.0. The van der Waals surface area contributed by atoms with Crippen molar-refractivity contribution in [2.45, 2.75) is 79.7 Å². The number of hydrogen-bond acceptors (Lipinski definition) is 6. The average Bonchev–Trinajstić information content (AvgIpc) is 3.47. The van der Waals surface area contributed by atoms with E-state index in [1.807, 2.05) is 52.1 Å². The molecule has 0 aliphatic heterocycles. The smallest absolute Gasteiger partial charge is 0.332 e. The van der Waals surface area contributed by atoms with Crippen molar-refractivity contribution in [3.8, 4) is 11.4 Å². The molecule has 0 bridgehead atoms. The Bertz CT molecular complexity index is 1540. The minimum atomic E-state index is -0.815. The van der Waals surface area contributed by atoms with E-state index in [2.05, 4.69) is 11.2 Å². The lowest BCUT2D eigenvalue weighted by Gasteiger charge is -2.18. The van der Waals surface area contributed by atoms with Gasteiger partial charge in [0, 0.05) is 25.7 Å². The number of rotatable bonds is 10. The minimum Gasteiger partial charge on any atom is -0.441 e. The number of fused-ring (bicyclic) bond motifs is 1. The predicted octanol–water partition coefficient (Wildman–Crippen LogP) is 3.87. The highest BCUT2D eigenvalue weighted by Crippen LogP contribution is 2.27. The van der Waals surface area contributed by atoms with Crippen molar-refractivity contribution in [3.05, 3.63) is 68.6 Å². The van der Waals surface area contributed by atoms with E-state index in [0.29, 0.717) is 37.3 Å². The fourth-order valence-corrected chi connectivity index (χ4v) is 4.59. The summed E-state index contributed by atoms with van der Waals surface area (Å²) >= 11 is 0. The Kier molecular flexibility index (Phi) is 7.75. The molecule has 3 heterocycles. The first-order valence-electron chi connectivity index (χ1n) is 12.8. The molecule has 0 amide bonds. The summed E-state index contributed by atoms with van der Waals surface area (Å²) < 4.78 is 11.8. The molecule has 0 radical (unpaired) electrons. The molecule has 0 spiro atoms. The van der Waals surface area contributed by atoms with Crippen LogP contribution >= 0.6 is 0 Å². The number of esters is 1. The Morgan fingerprint density at radius 1 is 1.11 bits per heavy atom. The van der Waals surface area contributed by atoms with E-state index >= 15 is 0 Å². The molecule has 0 aliphatic rings. The van der Waals surface area contributed by atoms with Gasteiger partial charge in [-0.2, -0.15) is 5.10 Å². The van der Waals surface area contributed by atoms with Crippen LogP contribution in [0.25, 0.3) is 22.6 Å². The van der Waals surface area contributed by atoms with Crippen LogP contribution in [0.1, 0.15) is 64.3 Å². The van der Waals surface area contributed by atoms with Gasteiger partial charge in [0.15, 0.2) is 17.4 Å². The fraction of sp³-hybridized carbons (Fsp3) is 0.444. The van der Waals surface area contributed by atoms with Crippen LogP contribution in [0.2, 0.25) is 0 Å². The van der Waals surface area contributed by atoms with Crippen LogP contribution in [0.15, 0.2) is 46.2 Å². The molecule has 1 unspecified atom stereocenters. The number of hydrogen-bond donors (Lipinski definition) is 0. The van der Waals surface area contributed by atoms with Crippen molar-refractivity contribution in [2.75, 3.05) is 0 Å². The van der Waals surface area contributed by atoms with Gasteiger partial charge in [-0.1, -0.05) is 43.7 Å². The number of nitrogens with zero attached hydrogens (tertiary/aromatic N) is 6. The SMILES string of the molecule is CCCC(=O)OC(C)n1c(-c2cnn(Cc3cccc(C)c3)c2)nc2c1c(=O)n(CCC)c(=O)n2CC. The van der Waals surface area contributed by atoms with Crippen LogP contribution in [0.3, 0.4) is 0 Å². The van der Waals surface area contributed by atoms with Gasteiger partial charge in [0.1, 0.15) is 5.82 Å². The standard InChI is InChI=1S/C27H34N6O4/c1-6-10-22(34)37-19(5)33-23-25(31(8-3)27(36)32(13-7-2)26(23)35)29-24(33)21-15-28-30(17-21)16-20-12-9-11-18(4)14-20/h9,11-12,14-15,17,19H,6-8,10,13,16H2,1-5H3. The molecule has 10 heteroatoms. The molecule has 196 valence electrons. The molecule has 1 aromatic carbocycles. The van der Waals surface area contributed by atoms with Gasteiger partial charge in [-0.05, 0) is 39.2 Å². The summed E-state index contributed by atoms with van der Waals surface area (Å²) in [5.41, 5.74) is 2.57. The molecule has 3 aromatic heterocycles. The fourth-order valence-electron chi connectivity index (χ4n) is 4.59. The quantitative estimate of drug-likeness (QED) is 0.302. The number of benzene rings is 1. The Morgan fingerprint density at radius 3 is 2.57 bits per heavy atom. The molecule has 0 saturated carbocycles. The van der Waals surface area contributed by atoms with E-state index in [-0.39, 0.29) is 30.1 Å². The highest BCUT2D eigenvalue weighted by molar-refractivity contribution is 5.77. The summed E-state index contributed by atoms with van der Waals surface area (Å²) in [7, 11) is 0. The third-order valence-corrected chi connectivity index (χ3v) is 6.26. The molecule has 1 atom stereocenters. The molecule has 0 saturated heterocycles. The van der Waals surface area contributed by atoms with E-state index < -0.39 is 17.5 Å². The molecule has 10 nitrogen and oxygen atoms in total. The summed E-state index contributed by atoms with van der Waals surface area (Å²) in [6.07, 6.45) is 4.24. The second-order valence-electron chi connectivity index (χ2n) is 9.22. The van der Waals surface area contributed by atoms with Gasteiger partial charge in [0.25, 0.3) is 5.56 Å². The van der Waals surface area contributed by atoms with E-state index in [4.69, 9.17) is 9.72 Å². The maximum atomic E-state index is 13.6. The lowest BCUT2D eigenvalue weighted by Crippen LogP contribution is -2.40. The lowest BCUT2D eigenvalue weighted by molar-refractivity contribution is -0.152. The first-order chi connectivity index (χ1) is 17.8. The Labute approximate surface area is 215 Å². The molecule has 37 heavy (non-hydrogen) atoms. The highest BCUT2D eigenvalue weighted by atomic mass is 16.6. The number of aromatic nitrogens is 6. The van der Waals surface area contributed by atoms with Crippen molar-refractivity contribution in [1.29, 1.82) is 0 Å². The van der Waals surface area contributed by atoms with Gasteiger partial charge < -0.3 is 4.74 Å². The lowest BCUT2D eigenvalue weighted by atomic mass is 10.1. The van der Waals surface area contributed by atoms with E-state index in [1.54, 1.807) is 22.4 Å². The average molecular weight is 507 g/mol. The first-order valence-corrected chi connectivity index (χ1v) is 12.8. The van der Waals surface area contributed by atoms with E-state index in [1.165, 1.54) is 9.13 Å². The van der Waals surface area contributed by atoms with Gasteiger partial charge >= 0.3 is 11.7 Å². The van der Waals surface area contributed by atoms with Crippen molar-refractivity contribution < 1.29 is 9.53 Å². The van der Waals surface area contributed by atoms with Crippen molar-refractivity contribution in [2.24, 2.45) is 0 Å². The third kappa shape index (κ3) is 5.14. The van der Waals surface area contributed by atoms with E-state index in [0.717, 1.165) is 11.1 Å². The summed E-state index contributed by atoms with van der Waals surface area (Å²) in [6.45, 7) is 10.6. The Balaban J connectivity index is 1.90. The zero-order valence-electron chi connectivity index (χ0n) is 22.1. The van der Waals surface area contributed by atoms with Crippen LogP contribution in [-0.4, -0.2) is 34.4 Å². The molecule has 4 aromatic rings. The number of carbonyl (C=O) groups excluding carboxylic acids is 1. The number of ether oxygens (including phenoxy) is 1. The number of imidazole rings is 1. The molecule has 0 aliphatic carbocycles. The van der Waals surface area contributed by atoms with Gasteiger partial charge in [0.2, 0.25) is 0 Å². The Morgan fingerprint density at radius 2 is 1.89 bits per heavy atom. The van der Waals surface area contributed by atoms with Crippen molar-refractivity contribution in [3.63, 3.8) is 0 Å². The number of aryl methyl sites for hydroxylation is 2. The third-order valence-electron chi connectivity index (χ3n) is 6.26. The van der Waals surface area contributed by atoms with Crippen LogP contribution in [-0.2, 0) is 29.2 Å². The molecule has 0 N–H and O–H groups in total. The molecule has 0 fully saturated rings. The zero-order chi connectivity index (χ0) is 26.7. The number of carbonyl (C=O) groups is 1. The monoisotopic (exact) mass is 506 g/mol. The van der Waals surface area contributed by atoms with Gasteiger partial charge in [-0.25, -0.2) is 9.78 Å². The van der Waals surface area contributed by atoms with Crippen LogP contribution < -0.4 is 11.2 Å². The highest BCUT2D eigenvalue weighted by Gasteiger charge is 2.26. The van der Waals surface area contributed by atoms with E-state index in [9.17, 15) is 14.4 Å². The normalized spacial score (nSPS) is 12.2. The summed E-state index contributed by atoms with van der Waals surface area (Å²) in [5.74, 6) is 0.0471. The maximum Gasteiger partial charge on any atom is 0.332 e.